The van der Waals surface area contributed by atoms with Gasteiger partial charge in [0.05, 0.1) is 0 Å². The maximum Gasteiger partial charge on any atom is 0.425 e. The van der Waals surface area contributed by atoms with Gasteiger partial charge in [-0.15, -0.1) is 11.3 Å². The molecular formula is C8H8F3NS. The van der Waals surface area contributed by atoms with Crippen molar-refractivity contribution < 1.29 is 13.2 Å². The van der Waals surface area contributed by atoms with Crippen LogP contribution in [0.25, 0.3) is 0 Å². The highest BCUT2D eigenvalue weighted by Gasteiger charge is 2.39. The minimum Gasteiger partial charge on any atom is -0.327 e. The van der Waals surface area contributed by atoms with Gasteiger partial charge in [-0.3, -0.25) is 0 Å². The van der Waals surface area contributed by atoms with Crippen LogP contribution in [0.3, 0.4) is 0 Å². The monoisotopic (exact) mass is 207 g/mol. The van der Waals surface area contributed by atoms with Crippen molar-refractivity contribution in [3.05, 3.63) is 21.9 Å². The van der Waals surface area contributed by atoms with Crippen molar-refractivity contribution in [3.8, 4) is 0 Å². The standard InChI is InChI=1S/C8H8F3NS/c9-8(10,11)7-2-1-6(13-7)4-3-5(4)12/h1-2,4-5H,3,12H2/t4-,5-/m1/s1. The van der Waals surface area contributed by atoms with E-state index in [1.54, 1.807) is 0 Å². The van der Waals surface area contributed by atoms with Gasteiger partial charge < -0.3 is 5.73 Å². The molecule has 1 fully saturated rings. The van der Waals surface area contributed by atoms with Crippen LogP contribution in [0.15, 0.2) is 12.1 Å². The van der Waals surface area contributed by atoms with Gasteiger partial charge in [0.25, 0.3) is 0 Å². The van der Waals surface area contributed by atoms with E-state index < -0.39 is 11.1 Å². The first-order valence-corrected chi connectivity index (χ1v) is 4.72. The molecule has 2 atom stereocenters. The molecule has 0 unspecified atom stereocenters. The number of rotatable bonds is 1. The van der Waals surface area contributed by atoms with Gasteiger partial charge in [0.15, 0.2) is 0 Å². The molecule has 1 aliphatic rings. The zero-order valence-corrected chi connectivity index (χ0v) is 7.45. The summed E-state index contributed by atoms with van der Waals surface area (Å²) in [4.78, 5) is 0.237. The van der Waals surface area contributed by atoms with Gasteiger partial charge in [-0.1, -0.05) is 0 Å². The van der Waals surface area contributed by atoms with Gasteiger partial charge in [-0.25, -0.2) is 0 Å². The fourth-order valence-corrected chi connectivity index (χ4v) is 2.31. The Morgan fingerprint density at radius 2 is 2.00 bits per heavy atom. The summed E-state index contributed by atoms with van der Waals surface area (Å²) >= 11 is 0.809. The van der Waals surface area contributed by atoms with Gasteiger partial charge in [0.1, 0.15) is 4.88 Å². The maximum absolute atomic E-state index is 12.2. The van der Waals surface area contributed by atoms with Gasteiger partial charge in [0.2, 0.25) is 0 Å². The fraction of sp³-hybridized carbons (Fsp3) is 0.500. The van der Waals surface area contributed by atoms with E-state index >= 15 is 0 Å². The lowest BCUT2D eigenvalue weighted by Crippen LogP contribution is -2.01. The Kier molecular flexibility index (Phi) is 1.89. The van der Waals surface area contributed by atoms with E-state index in [1.165, 1.54) is 6.07 Å². The number of thiophene rings is 1. The smallest absolute Gasteiger partial charge is 0.327 e. The molecule has 2 rings (SSSR count). The van der Waals surface area contributed by atoms with Gasteiger partial charge in [-0.05, 0) is 18.6 Å². The summed E-state index contributed by atoms with van der Waals surface area (Å²) < 4.78 is 36.5. The Bertz CT molecular complexity index is 317. The second-order valence-corrected chi connectivity index (χ2v) is 4.32. The topological polar surface area (TPSA) is 26.0 Å². The molecule has 0 aliphatic heterocycles. The first-order valence-electron chi connectivity index (χ1n) is 3.91. The van der Waals surface area contributed by atoms with E-state index in [1.807, 2.05) is 0 Å². The van der Waals surface area contributed by atoms with E-state index in [0.717, 1.165) is 28.7 Å². The van der Waals surface area contributed by atoms with Crippen molar-refractivity contribution in [2.45, 2.75) is 24.6 Å². The third kappa shape index (κ3) is 1.71. The molecule has 1 saturated carbocycles. The summed E-state index contributed by atoms with van der Waals surface area (Å²) in [6.45, 7) is 0. The Morgan fingerprint density at radius 3 is 2.38 bits per heavy atom. The van der Waals surface area contributed by atoms with E-state index in [9.17, 15) is 13.2 Å². The SMILES string of the molecule is N[C@@H]1C[C@H]1c1ccc(C(F)(F)F)s1. The van der Waals surface area contributed by atoms with Crippen molar-refractivity contribution in [2.75, 3.05) is 0 Å². The average Bonchev–Trinajstić information content (AvgIpc) is 2.57. The second kappa shape index (κ2) is 2.72. The molecule has 0 saturated heterocycles. The van der Waals surface area contributed by atoms with Crippen LogP contribution in [0.2, 0.25) is 0 Å². The molecule has 0 spiro atoms. The molecule has 13 heavy (non-hydrogen) atoms. The lowest BCUT2D eigenvalue weighted by Gasteiger charge is -2.00. The van der Waals surface area contributed by atoms with Crippen molar-refractivity contribution in [2.24, 2.45) is 5.73 Å². The average molecular weight is 207 g/mol. The summed E-state index contributed by atoms with van der Waals surface area (Å²) in [7, 11) is 0. The number of hydrogen-bond acceptors (Lipinski definition) is 2. The first kappa shape index (κ1) is 9.02. The van der Waals surface area contributed by atoms with Crippen molar-refractivity contribution in [3.63, 3.8) is 0 Å². The largest absolute Gasteiger partial charge is 0.425 e. The summed E-state index contributed by atoms with van der Waals surface area (Å²) in [5, 5.41) is 0. The van der Waals surface area contributed by atoms with Crippen molar-refractivity contribution in [1.29, 1.82) is 0 Å². The third-order valence-electron chi connectivity index (χ3n) is 2.11. The first-order chi connectivity index (χ1) is 5.98. The molecule has 5 heteroatoms. The van der Waals surface area contributed by atoms with Gasteiger partial charge in [0, 0.05) is 16.8 Å². The molecule has 2 N–H and O–H groups in total. The number of halogens is 3. The van der Waals surface area contributed by atoms with E-state index in [0.29, 0.717) is 0 Å². The highest BCUT2D eigenvalue weighted by atomic mass is 32.1. The molecule has 72 valence electrons. The summed E-state index contributed by atoms with van der Waals surface area (Å²) in [5.41, 5.74) is 5.54. The van der Waals surface area contributed by atoms with E-state index in [4.69, 9.17) is 5.73 Å². The van der Waals surface area contributed by atoms with Crippen LogP contribution in [0.5, 0.6) is 0 Å². The minimum absolute atomic E-state index is 0.0692. The Morgan fingerprint density at radius 1 is 1.38 bits per heavy atom. The minimum atomic E-state index is -4.21. The fourth-order valence-electron chi connectivity index (χ4n) is 1.25. The second-order valence-electron chi connectivity index (χ2n) is 3.21. The number of hydrogen-bond donors (Lipinski definition) is 1. The van der Waals surface area contributed by atoms with Crippen LogP contribution in [0.4, 0.5) is 13.2 Å². The predicted molar refractivity (Wildman–Crippen MR) is 44.7 cm³/mol. The molecule has 1 aromatic heterocycles. The summed E-state index contributed by atoms with van der Waals surface area (Å²) in [5.74, 6) is 0.168. The highest BCUT2D eigenvalue weighted by molar-refractivity contribution is 7.12. The Hall–Kier alpha value is -0.550. The quantitative estimate of drug-likeness (QED) is 0.752. The molecule has 0 amide bonds. The molecule has 1 aliphatic carbocycles. The summed E-state index contributed by atoms with van der Waals surface area (Å²) in [6, 6.07) is 2.73. The molecule has 0 bridgehead atoms. The zero-order valence-electron chi connectivity index (χ0n) is 6.64. The van der Waals surface area contributed by atoms with E-state index in [2.05, 4.69) is 0 Å². The molecule has 0 radical (unpaired) electrons. The van der Waals surface area contributed by atoms with Crippen molar-refractivity contribution in [1.82, 2.24) is 0 Å². The molecule has 1 aromatic rings. The van der Waals surface area contributed by atoms with Crippen LogP contribution < -0.4 is 5.73 Å². The Labute approximate surface area is 77.4 Å². The van der Waals surface area contributed by atoms with Crippen LogP contribution in [-0.4, -0.2) is 6.04 Å². The normalized spacial score (nSPS) is 27.7. The summed E-state index contributed by atoms with van der Waals surface area (Å²) in [6.07, 6.45) is -3.39. The number of alkyl halides is 3. The lowest BCUT2D eigenvalue weighted by atomic mass is 10.3. The van der Waals surface area contributed by atoms with E-state index in [-0.39, 0.29) is 12.0 Å². The predicted octanol–water partition coefficient (Wildman–Crippen LogP) is 2.58. The van der Waals surface area contributed by atoms with Crippen molar-refractivity contribution >= 4 is 11.3 Å². The van der Waals surface area contributed by atoms with Crippen LogP contribution in [0.1, 0.15) is 22.1 Å². The molecule has 0 aromatic carbocycles. The van der Waals surface area contributed by atoms with Crippen LogP contribution >= 0.6 is 11.3 Å². The molecular weight excluding hydrogens is 199 g/mol. The molecule has 1 nitrogen and oxygen atoms in total. The van der Waals surface area contributed by atoms with Crippen LogP contribution in [-0.2, 0) is 6.18 Å². The maximum atomic E-state index is 12.2. The third-order valence-corrected chi connectivity index (χ3v) is 3.37. The van der Waals surface area contributed by atoms with Crippen LogP contribution in [0, 0.1) is 0 Å². The molecule has 1 heterocycles. The number of nitrogens with two attached hydrogens (primary N) is 1. The Balaban J connectivity index is 2.19. The lowest BCUT2D eigenvalue weighted by molar-refractivity contribution is -0.134. The van der Waals surface area contributed by atoms with Gasteiger partial charge in [-0.2, -0.15) is 13.2 Å². The van der Waals surface area contributed by atoms with Gasteiger partial charge >= 0.3 is 6.18 Å². The highest BCUT2D eigenvalue weighted by Crippen LogP contribution is 2.45. The zero-order chi connectivity index (χ0) is 9.64.